The molecule has 0 spiro atoms. The molecule has 1 heterocycles. The molecule has 2 aromatic rings. The van der Waals surface area contributed by atoms with E-state index in [4.69, 9.17) is 4.74 Å². The van der Waals surface area contributed by atoms with Crippen LogP contribution in [-0.4, -0.2) is 25.7 Å². The minimum absolute atomic E-state index is 0.0356. The van der Waals surface area contributed by atoms with Gasteiger partial charge in [-0.1, -0.05) is 12.1 Å². The number of anilines is 1. The average Bonchev–Trinajstić information content (AvgIpc) is 2.58. The summed E-state index contributed by atoms with van der Waals surface area (Å²) in [6.45, 7) is 2.54. The number of nitrogens with one attached hydrogen (secondary N) is 2. The molecule has 1 aliphatic rings. The van der Waals surface area contributed by atoms with Crippen LogP contribution in [0.4, 0.5) is 14.5 Å². The van der Waals surface area contributed by atoms with Crippen molar-refractivity contribution in [1.29, 1.82) is 0 Å². The third-order valence-corrected chi connectivity index (χ3v) is 4.45. The second-order valence-electron chi connectivity index (χ2n) is 5.42. The Kier molecular flexibility index (Phi) is 5.01. The molecule has 0 fully saturated rings. The predicted octanol–water partition coefficient (Wildman–Crippen LogP) is 4.04. The molecule has 2 N–H and O–H groups in total. The number of benzene rings is 2. The molecule has 2 aromatic carbocycles. The van der Waals surface area contributed by atoms with E-state index < -0.39 is 11.6 Å². The molecule has 1 unspecified atom stereocenters. The Morgan fingerprint density at radius 3 is 2.71 bits per heavy atom. The van der Waals surface area contributed by atoms with Gasteiger partial charge in [-0.25, -0.2) is 8.78 Å². The van der Waals surface area contributed by atoms with E-state index in [-0.39, 0.29) is 6.10 Å². The van der Waals surface area contributed by atoms with Gasteiger partial charge in [0.25, 0.3) is 0 Å². The van der Waals surface area contributed by atoms with Crippen molar-refractivity contribution in [1.82, 2.24) is 5.32 Å². The van der Waals surface area contributed by atoms with Crippen molar-refractivity contribution < 1.29 is 13.5 Å². The summed E-state index contributed by atoms with van der Waals surface area (Å²) in [4.78, 5) is 0.891. The topological polar surface area (TPSA) is 45.6 Å². The van der Waals surface area contributed by atoms with Gasteiger partial charge in [0, 0.05) is 37.2 Å². The number of para-hydroxylation sites is 1. The Morgan fingerprint density at radius 1 is 1.25 bits per heavy atom. The van der Waals surface area contributed by atoms with Crippen molar-refractivity contribution >= 4 is 23.6 Å². The fourth-order valence-corrected chi connectivity index (χ4v) is 3.01. The average molecular weight is 349 g/mol. The summed E-state index contributed by atoms with van der Waals surface area (Å²) in [7, 11) is 1.64. The van der Waals surface area contributed by atoms with E-state index in [1.165, 1.54) is 24.1 Å². The zero-order valence-corrected chi connectivity index (χ0v) is 14.1. The lowest BCUT2D eigenvalue weighted by Gasteiger charge is -2.22. The van der Waals surface area contributed by atoms with Crippen molar-refractivity contribution in [3.63, 3.8) is 0 Å². The normalized spacial score (nSPS) is 14.4. The van der Waals surface area contributed by atoms with Crippen LogP contribution in [0.1, 0.15) is 6.92 Å². The number of guanidine groups is 1. The van der Waals surface area contributed by atoms with Crippen LogP contribution in [0.3, 0.4) is 0 Å². The van der Waals surface area contributed by atoms with Gasteiger partial charge in [-0.15, -0.1) is 0 Å². The highest BCUT2D eigenvalue weighted by molar-refractivity contribution is 7.98. The molecule has 0 saturated heterocycles. The van der Waals surface area contributed by atoms with Crippen molar-refractivity contribution in [2.24, 2.45) is 4.40 Å². The van der Waals surface area contributed by atoms with Gasteiger partial charge in [-0.2, -0.15) is 4.40 Å². The molecule has 126 valence electrons. The van der Waals surface area contributed by atoms with E-state index in [1.54, 1.807) is 7.11 Å². The van der Waals surface area contributed by atoms with Gasteiger partial charge in [0.1, 0.15) is 11.6 Å². The number of rotatable bonds is 4. The van der Waals surface area contributed by atoms with Gasteiger partial charge in [0.15, 0.2) is 0 Å². The lowest BCUT2D eigenvalue weighted by Crippen LogP contribution is -2.37. The zero-order chi connectivity index (χ0) is 17.1. The van der Waals surface area contributed by atoms with Gasteiger partial charge in [-0.05, 0) is 30.7 Å². The molecule has 0 aliphatic carbocycles. The maximum absolute atomic E-state index is 13.6. The highest BCUT2D eigenvalue weighted by atomic mass is 32.2. The van der Waals surface area contributed by atoms with Crippen molar-refractivity contribution in [3.8, 4) is 11.1 Å². The molecule has 4 nitrogen and oxygen atoms in total. The van der Waals surface area contributed by atoms with Crippen LogP contribution < -0.4 is 10.6 Å². The highest BCUT2D eigenvalue weighted by Gasteiger charge is 2.18. The fourth-order valence-electron chi connectivity index (χ4n) is 2.32. The van der Waals surface area contributed by atoms with E-state index >= 15 is 0 Å². The molecule has 0 bridgehead atoms. The van der Waals surface area contributed by atoms with Gasteiger partial charge in [0.05, 0.1) is 16.7 Å². The van der Waals surface area contributed by atoms with Crippen molar-refractivity contribution in [3.05, 3.63) is 48.0 Å². The minimum atomic E-state index is -0.605. The number of hydrogen-bond donors (Lipinski definition) is 2. The maximum atomic E-state index is 13.6. The second kappa shape index (κ2) is 7.19. The molecule has 3 rings (SSSR count). The zero-order valence-electron chi connectivity index (χ0n) is 13.3. The summed E-state index contributed by atoms with van der Waals surface area (Å²) in [5, 5.41) is 6.36. The smallest absolute Gasteiger partial charge is 0.208 e. The summed E-state index contributed by atoms with van der Waals surface area (Å²) in [5.41, 5.74) is 1.96. The number of halogens is 2. The molecule has 1 atom stereocenters. The third-order valence-electron chi connectivity index (χ3n) is 3.64. The summed E-state index contributed by atoms with van der Waals surface area (Å²) >= 11 is 1.31. The van der Waals surface area contributed by atoms with E-state index in [1.807, 2.05) is 25.1 Å². The first-order valence-electron chi connectivity index (χ1n) is 7.45. The van der Waals surface area contributed by atoms with Gasteiger partial charge >= 0.3 is 0 Å². The predicted molar refractivity (Wildman–Crippen MR) is 93.2 cm³/mol. The Bertz CT molecular complexity index is 762. The number of ether oxygens (including phenoxy) is 1. The molecular formula is C17H17F2N3OS. The van der Waals surface area contributed by atoms with E-state index in [0.717, 1.165) is 16.6 Å². The summed E-state index contributed by atoms with van der Waals surface area (Å²) in [5.74, 6) is -0.625. The highest BCUT2D eigenvalue weighted by Crippen LogP contribution is 2.39. The number of nitrogens with zero attached hydrogens (tertiary/aromatic N) is 1. The van der Waals surface area contributed by atoms with E-state index in [9.17, 15) is 8.78 Å². The number of fused-ring (bicyclic) bond motifs is 1. The Labute approximate surface area is 143 Å². The lowest BCUT2D eigenvalue weighted by molar-refractivity contribution is 0.121. The Balaban J connectivity index is 1.89. The van der Waals surface area contributed by atoms with Gasteiger partial charge in [0.2, 0.25) is 5.96 Å². The Hall–Kier alpha value is -2.12. The van der Waals surface area contributed by atoms with E-state index in [2.05, 4.69) is 15.0 Å². The largest absolute Gasteiger partial charge is 0.380 e. The first-order chi connectivity index (χ1) is 11.6. The maximum Gasteiger partial charge on any atom is 0.208 e. The van der Waals surface area contributed by atoms with Crippen LogP contribution >= 0.6 is 11.9 Å². The first kappa shape index (κ1) is 16.7. The summed E-state index contributed by atoms with van der Waals surface area (Å²) in [6, 6.07) is 9.06. The summed E-state index contributed by atoms with van der Waals surface area (Å²) in [6.07, 6.45) is 0.0356. The van der Waals surface area contributed by atoms with Crippen LogP contribution in [0.5, 0.6) is 0 Å². The van der Waals surface area contributed by atoms with Crippen molar-refractivity contribution in [2.75, 3.05) is 19.0 Å². The number of methoxy groups -OCH3 is 1. The van der Waals surface area contributed by atoms with Crippen molar-refractivity contribution in [2.45, 2.75) is 17.9 Å². The molecule has 0 saturated carbocycles. The van der Waals surface area contributed by atoms with Gasteiger partial charge in [-0.3, -0.25) is 0 Å². The lowest BCUT2D eigenvalue weighted by atomic mass is 10.0. The van der Waals surface area contributed by atoms with Crippen LogP contribution in [0.25, 0.3) is 11.1 Å². The Morgan fingerprint density at radius 2 is 2.00 bits per heavy atom. The van der Waals surface area contributed by atoms with Crippen LogP contribution in [0.2, 0.25) is 0 Å². The third kappa shape index (κ3) is 3.68. The fraction of sp³-hybridized carbons (Fsp3) is 0.235. The molecule has 0 amide bonds. The molecule has 7 heteroatoms. The number of hydrogen-bond acceptors (Lipinski definition) is 5. The SMILES string of the molecule is COC(C)CNC1=NSc2cccc(-c3cc(F)cc(F)c3)c2N1. The van der Waals surface area contributed by atoms with Crippen LogP contribution in [-0.2, 0) is 4.74 Å². The minimum Gasteiger partial charge on any atom is -0.380 e. The molecular weight excluding hydrogens is 332 g/mol. The molecule has 0 aromatic heterocycles. The second-order valence-corrected chi connectivity index (χ2v) is 6.23. The monoisotopic (exact) mass is 349 g/mol. The quantitative estimate of drug-likeness (QED) is 0.818. The first-order valence-corrected chi connectivity index (χ1v) is 8.22. The standard InChI is InChI=1S/C17H17F2N3OS/c1-10(23-2)9-20-17-21-16-14(4-3-5-15(16)24-22-17)11-6-12(18)8-13(19)7-11/h3-8,10H,9H2,1-2H3,(H2,20,21,22). The molecule has 24 heavy (non-hydrogen) atoms. The van der Waals surface area contributed by atoms with Crippen LogP contribution in [0, 0.1) is 11.6 Å². The van der Waals surface area contributed by atoms with Crippen LogP contribution in [0.15, 0.2) is 45.7 Å². The summed E-state index contributed by atoms with van der Waals surface area (Å²) < 4.78 is 36.7. The van der Waals surface area contributed by atoms with E-state index in [0.29, 0.717) is 23.6 Å². The van der Waals surface area contributed by atoms with Gasteiger partial charge < -0.3 is 15.4 Å². The molecule has 0 radical (unpaired) electrons. The molecule has 1 aliphatic heterocycles.